The van der Waals surface area contributed by atoms with Crippen LogP contribution in [0.15, 0.2) is 48.5 Å². The van der Waals surface area contributed by atoms with Crippen LogP contribution < -0.4 is 0 Å². The molecule has 0 atom stereocenters. The highest BCUT2D eigenvalue weighted by molar-refractivity contribution is 7.98. The molecule has 0 bridgehead atoms. The Hall–Kier alpha value is -0.860. The van der Waals surface area contributed by atoms with Crippen LogP contribution in [0.4, 0.5) is 0 Å². The number of fused-ring (bicyclic) bond motifs is 4. The zero-order valence-corrected chi connectivity index (χ0v) is 10.0. The van der Waals surface area contributed by atoms with Gasteiger partial charge in [0.1, 0.15) is 0 Å². The van der Waals surface area contributed by atoms with Crippen LogP contribution in [-0.2, 0) is 0 Å². The zero-order chi connectivity index (χ0) is 10.7. The Bertz CT molecular complexity index is 364. The van der Waals surface area contributed by atoms with Gasteiger partial charge in [0.25, 0.3) is 0 Å². The summed E-state index contributed by atoms with van der Waals surface area (Å²) < 4.78 is 0. The van der Waals surface area contributed by atoms with Crippen molar-refractivity contribution >= 4 is 25.3 Å². The molecule has 0 saturated heterocycles. The summed E-state index contributed by atoms with van der Waals surface area (Å²) in [5, 5.41) is 0.639. The minimum absolute atomic E-state index is 0.639. The van der Waals surface area contributed by atoms with Gasteiger partial charge in [0.2, 0.25) is 0 Å². The molecule has 15 heavy (non-hydrogen) atoms. The van der Waals surface area contributed by atoms with Crippen LogP contribution in [0.25, 0.3) is 22.3 Å². The molecule has 2 aromatic carbocycles. The van der Waals surface area contributed by atoms with Crippen molar-refractivity contribution in [3.05, 3.63) is 48.5 Å². The van der Waals surface area contributed by atoms with E-state index >= 15 is 0 Å². The van der Waals surface area contributed by atoms with E-state index < -0.39 is 0 Å². The van der Waals surface area contributed by atoms with Crippen molar-refractivity contribution in [1.29, 1.82) is 0 Å². The third kappa shape index (κ3) is 1.92. The predicted octanol–water partition coefficient (Wildman–Crippen LogP) is 4.14. The monoisotopic (exact) mass is 232 g/mol. The predicted molar refractivity (Wildman–Crippen MR) is 73.7 cm³/mol. The first-order valence-electron chi connectivity index (χ1n) is 4.79. The van der Waals surface area contributed by atoms with E-state index in [1.165, 1.54) is 22.3 Å². The minimum Gasteiger partial charge on any atom is -0.169 e. The van der Waals surface area contributed by atoms with Gasteiger partial charge in [-0.15, -0.1) is 0 Å². The molecule has 0 heterocycles. The quantitative estimate of drug-likeness (QED) is 0.422. The second-order valence-corrected chi connectivity index (χ2v) is 4.36. The Morgan fingerprint density at radius 1 is 0.600 bits per heavy atom. The molecule has 0 radical (unpaired) electrons. The molecule has 3 rings (SSSR count). The average Bonchev–Trinajstić information content (AvgIpc) is 2.27. The summed E-state index contributed by atoms with van der Waals surface area (Å²) in [6, 6.07) is 17.1. The third-order valence-electron chi connectivity index (χ3n) is 2.43. The third-order valence-corrected chi connectivity index (χ3v) is 2.43. The highest BCUT2D eigenvalue weighted by atomic mass is 32.2. The largest absolute Gasteiger partial charge is 0.169 e. The second kappa shape index (κ2) is 4.77. The Morgan fingerprint density at radius 2 is 0.800 bits per heavy atom. The van der Waals surface area contributed by atoms with Crippen LogP contribution in [0.2, 0.25) is 0 Å². The number of rotatable bonds is 0. The van der Waals surface area contributed by atoms with Gasteiger partial charge >= 0.3 is 0 Å². The van der Waals surface area contributed by atoms with Crippen molar-refractivity contribution in [2.75, 3.05) is 5.08 Å². The fourth-order valence-electron chi connectivity index (χ4n) is 1.84. The van der Waals surface area contributed by atoms with Crippen molar-refractivity contribution in [1.82, 2.24) is 0 Å². The Morgan fingerprint density at radius 3 is 1.00 bits per heavy atom. The lowest BCUT2D eigenvalue weighted by Crippen LogP contribution is -1.96. The van der Waals surface area contributed by atoms with Crippen molar-refractivity contribution in [3.63, 3.8) is 0 Å². The molecule has 76 valence electrons. The molecule has 0 unspecified atom stereocenters. The first-order valence-corrected chi connectivity index (χ1v) is 6.05. The molecule has 1 aliphatic carbocycles. The van der Waals surface area contributed by atoms with Crippen molar-refractivity contribution in [3.8, 4) is 22.3 Å². The first-order chi connectivity index (χ1) is 7.38. The van der Waals surface area contributed by atoms with Crippen LogP contribution in [0.3, 0.4) is 0 Å². The van der Waals surface area contributed by atoms with Gasteiger partial charge in [0, 0.05) is 5.08 Å². The summed E-state index contributed by atoms with van der Waals surface area (Å²) in [7, 11) is 0. The van der Waals surface area contributed by atoms with E-state index in [1.807, 2.05) is 0 Å². The topological polar surface area (TPSA) is 0 Å². The Kier molecular flexibility index (Phi) is 3.39. The number of thiol groups is 2. The summed E-state index contributed by atoms with van der Waals surface area (Å²) in [5.74, 6) is 0. The standard InChI is InChI=1S/C12H8.CH4S2/c1-2-6-10-9(5-1)11-7-3-4-8-12(10)11;2-1-3/h1-8H;2-3H,1H2. The molecule has 0 N–H and O–H groups in total. The van der Waals surface area contributed by atoms with Crippen molar-refractivity contribution in [2.45, 2.75) is 0 Å². The molecule has 0 nitrogen and oxygen atoms in total. The molecule has 0 amide bonds. The van der Waals surface area contributed by atoms with Crippen LogP contribution in [0, 0.1) is 0 Å². The maximum atomic E-state index is 3.65. The molecule has 0 aromatic heterocycles. The summed E-state index contributed by atoms with van der Waals surface area (Å²) in [6.45, 7) is 0. The fraction of sp³-hybridized carbons (Fsp3) is 0.0769. The normalized spacial score (nSPS) is 10.3. The Balaban J connectivity index is 0.000000258. The molecule has 2 heteroatoms. The van der Waals surface area contributed by atoms with Gasteiger partial charge < -0.3 is 0 Å². The molecular formula is C13H12S2. The molecule has 1 aliphatic rings. The van der Waals surface area contributed by atoms with Gasteiger partial charge in [-0.05, 0) is 22.3 Å². The minimum atomic E-state index is 0.639. The molecule has 2 aromatic rings. The van der Waals surface area contributed by atoms with E-state index in [-0.39, 0.29) is 0 Å². The average molecular weight is 232 g/mol. The highest BCUT2D eigenvalue weighted by Gasteiger charge is 2.19. The van der Waals surface area contributed by atoms with Gasteiger partial charge in [-0.25, -0.2) is 0 Å². The van der Waals surface area contributed by atoms with Gasteiger partial charge in [-0.1, -0.05) is 48.5 Å². The second-order valence-electron chi connectivity index (χ2n) is 3.23. The van der Waals surface area contributed by atoms with E-state index in [2.05, 4.69) is 73.8 Å². The summed E-state index contributed by atoms with van der Waals surface area (Å²) in [4.78, 5) is 0. The van der Waals surface area contributed by atoms with Crippen LogP contribution in [0.5, 0.6) is 0 Å². The van der Waals surface area contributed by atoms with E-state index in [0.717, 1.165) is 0 Å². The van der Waals surface area contributed by atoms with Crippen LogP contribution in [0.1, 0.15) is 0 Å². The lowest BCUT2D eigenvalue weighted by atomic mass is 9.81. The summed E-state index contributed by atoms with van der Waals surface area (Å²) in [5.41, 5.74) is 5.59. The van der Waals surface area contributed by atoms with E-state index in [4.69, 9.17) is 0 Å². The summed E-state index contributed by atoms with van der Waals surface area (Å²) >= 11 is 7.31. The molecule has 0 fully saturated rings. The maximum Gasteiger partial charge on any atom is 0.0331 e. The fourth-order valence-corrected chi connectivity index (χ4v) is 1.84. The molecule has 0 aliphatic heterocycles. The highest BCUT2D eigenvalue weighted by Crippen LogP contribution is 2.46. The Labute approximate surface area is 101 Å². The number of hydrogen-bond donors (Lipinski definition) is 2. The lowest BCUT2D eigenvalue weighted by molar-refractivity contribution is 1.52. The van der Waals surface area contributed by atoms with E-state index in [1.54, 1.807) is 0 Å². The van der Waals surface area contributed by atoms with Crippen LogP contribution in [-0.4, -0.2) is 5.08 Å². The number of hydrogen-bond acceptors (Lipinski definition) is 2. The van der Waals surface area contributed by atoms with Gasteiger partial charge in [0.05, 0.1) is 0 Å². The van der Waals surface area contributed by atoms with Crippen molar-refractivity contribution < 1.29 is 0 Å². The van der Waals surface area contributed by atoms with Crippen LogP contribution >= 0.6 is 25.3 Å². The van der Waals surface area contributed by atoms with Gasteiger partial charge in [-0.2, -0.15) is 25.3 Å². The number of benzene rings is 2. The molecule has 0 saturated carbocycles. The smallest absolute Gasteiger partial charge is 0.0331 e. The zero-order valence-electron chi connectivity index (χ0n) is 8.22. The van der Waals surface area contributed by atoms with Gasteiger partial charge in [0.15, 0.2) is 0 Å². The first kappa shape index (κ1) is 10.7. The lowest BCUT2D eigenvalue weighted by Gasteiger charge is -2.22. The maximum absolute atomic E-state index is 3.65. The SMILES string of the molecule is SCS.c1ccc2c(c1)-c1ccccc1-2. The molecular weight excluding hydrogens is 220 g/mol. The van der Waals surface area contributed by atoms with Gasteiger partial charge in [-0.3, -0.25) is 0 Å². The van der Waals surface area contributed by atoms with Crippen molar-refractivity contribution in [2.24, 2.45) is 0 Å². The van der Waals surface area contributed by atoms with E-state index in [0.29, 0.717) is 5.08 Å². The molecule has 0 spiro atoms. The van der Waals surface area contributed by atoms with E-state index in [9.17, 15) is 0 Å². The summed E-state index contributed by atoms with van der Waals surface area (Å²) in [6.07, 6.45) is 0.